The highest BCUT2D eigenvalue weighted by Crippen LogP contribution is 2.05. The Labute approximate surface area is 103 Å². The maximum Gasteiger partial charge on any atom is 0.149 e. The van der Waals surface area contributed by atoms with Crippen LogP contribution >= 0.6 is 0 Å². The lowest BCUT2D eigenvalue weighted by Crippen LogP contribution is -2.14. The van der Waals surface area contributed by atoms with Crippen LogP contribution in [0.3, 0.4) is 0 Å². The fraction of sp³-hybridized carbons (Fsp3) is 0.727. The van der Waals surface area contributed by atoms with E-state index in [9.17, 15) is 8.42 Å². The van der Waals surface area contributed by atoms with Gasteiger partial charge in [-0.15, -0.1) is 0 Å². The first-order valence-corrected chi connectivity index (χ1v) is 7.90. The number of sulfone groups is 1. The highest BCUT2D eigenvalue weighted by molar-refractivity contribution is 7.90. The van der Waals surface area contributed by atoms with Gasteiger partial charge in [0.15, 0.2) is 0 Å². The van der Waals surface area contributed by atoms with Crippen LogP contribution in [0.25, 0.3) is 0 Å². The third-order valence-corrected chi connectivity index (χ3v) is 3.41. The Balaban J connectivity index is 2.55. The summed E-state index contributed by atoms with van der Waals surface area (Å²) in [5.74, 6) is 0.135. The highest BCUT2D eigenvalue weighted by Gasteiger charge is 2.07. The fourth-order valence-corrected chi connectivity index (χ4v) is 2.03. The van der Waals surface area contributed by atoms with Crippen molar-refractivity contribution in [3.05, 3.63) is 17.5 Å². The molecule has 98 valence electrons. The zero-order valence-corrected chi connectivity index (χ0v) is 11.5. The predicted molar refractivity (Wildman–Crippen MR) is 68.7 cm³/mol. The molecule has 0 radical (unpaired) electrons. The molecule has 6 heteroatoms. The second-order valence-electron chi connectivity index (χ2n) is 4.31. The average molecular weight is 259 g/mol. The number of nitrogens with one attached hydrogen (secondary N) is 1. The zero-order valence-electron chi connectivity index (χ0n) is 10.7. The van der Waals surface area contributed by atoms with E-state index in [-0.39, 0.29) is 5.75 Å². The monoisotopic (exact) mass is 259 g/mol. The molecule has 0 spiro atoms. The first-order valence-electron chi connectivity index (χ1n) is 5.83. The largest absolute Gasteiger partial charge is 0.313 e. The van der Waals surface area contributed by atoms with Crippen LogP contribution in [0.2, 0.25) is 0 Å². The Morgan fingerprint density at radius 3 is 2.76 bits per heavy atom. The van der Waals surface area contributed by atoms with Crippen molar-refractivity contribution in [3.8, 4) is 0 Å². The molecule has 0 unspecified atom stereocenters. The molecule has 17 heavy (non-hydrogen) atoms. The predicted octanol–water partition coefficient (Wildman–Crippen LogP) is 0.736. The SMILES string of the molecule is CCCNCc1cn(CCS(C)(=O)=O)nc1C. The van der Waals surface area contributed by atoms with Crippen molar-refractivity contribution in [1.29, 1.82) is 0 Å². The number of hydrogen-bond acceptors (Lipinski definition) is 4. The molecule has 0 aliphatic carbocycles. The van der Waals surface area contributed by atoms with Crippen molar-refractivity contribution in [2.75, 3.05) is 18.6 Å². The lowest BCUT2D eigenvalue weighted by Gasteiger charge is -2.00. The van der Waals surface area contributed by atoms with E-state index in [2.05, 4.69) is 17.3 Å². The molecule has 0 saturated heterocycles. The topological polar surface area (TPSA) is 64.0 Å². The Morgan fingerprint density at radius 2 is 2.18 bits per heavy atom. The maximum atomic E-state index is 11.1. The van der Waals surface area contributed by atoms with Gasteiger partial charge in [-0.1, -0.05) is 6.92 Å². The molecule has 5 nitrogen and oxygen atoms in total. The minimum Gasteiger partial charge on any atom is -0.313 e. The van der Waals surface area contributed by atoms with Gasteiger partial charge in [0.1, 0.15) is 9.84 Å². The summed E-state index contributed by atoms with van der Waals surface area (Å²) in [5.41, 5.74) is 2.09. The van der Waals surface area contributed by atoms with E-state index in [1.165, 1.54) is 6.26 Å². The fourth-order valence-electron chi connectivity index (χ4n) is 1.51. The van der Waals surface area contributed by atoms with Crippen molar-refractivity contribution in [3.63, 3.8) is 0 Å². The van der Waals surface area contributed by atoms with E-state index in [0.717, 1.165) is 30.8 Å². The third kappa shape index (κ3) is 5.32. The van der Waals surface area contributed by atoms with Gasteiger partial charge < -0.3 is 5.32 Å². The molecule has 0 atom stereocenters. The lowest BCUT2D eigenvalue weighted by molar-refractivity contribution is 0.585. The van der Waals surface area contributed by atoms with Crippen LogP contribution in [-0.4, -0.2) is 36.8 Å². The maximum absolute atomic E-state index is 11.1. The van der Waals surface area contributed by atoms with Gasteiger partial charge in [0.05, 0.1) is 18.0 Å². The van der Waals surface area contributed by atoms with Crippen molar-refractivity contribution in [2.45, 2.75) is 33.4 Å². The van der Waals surface area contributed by atoms with E-state index in [1.54, 1.807) is 4.68 Å². The lowest BCUT2D eigenvalue weighted by atomic mass is 10.2. The molecule has 1 aromatic heterocycles. The van der Waals surface area contributed by atoms with Crippen LogP contribution < -0.4 is 5.32 Å². The summed E-state index contributed by atoms with van der Waals surface area (Å²) < 4.78 is 23.8. The second kappa shape index (κ2) is 6.16. The molecule has 0 amide bonds. The molecule has 1 N–H and O–H groups in total. The molecule has 1 rings (SSSR count). The van der Waals surface area contributed by atoms with E-state index in [4.69, 9.17) is 0 Å². The summed E-state index contributed by atoms with van der Waals surface area (Å²) in [6.45, 7) is 6.26. The highest BCUT2D eigenvalue weighted by atomic mass is 32.2. The smallest absolute Gasteiger partial charge is 0.149 e. The number of aromatic nitrogens is 2. The molecule has 0 aliphatic heterocycles. The standard InChI is InChI=1S/C11H21N3O2S/c1-4-5-12-8-11-9-14(13-10(11)2)6-7-17(3,15)16/h9,12H,4-8H2,1-3H3. The summed E-state index contributed by atoms with van der Waals surface area (Å²) in [6.07, 6.45) is 4.26. The van der Waals surface area contributed by atoms with E-state index < -0.39 is 9.84 Å². The second-order valence-corrected chi connectivity index (χ2v) is 6.57. The van der Waals surface area contributed by atoms with Crippen molar-refractivity contribution < 1.29 is 8.42 Å². The normalized spacial score (nSPS) is 11.9. The van der Waals surface area contributed by atoms with Crippen LogP contribution in [0.5, 0.6) is 0 Å². The number of hydrogen-bond donors (Lipinski definition) is 1. The number of nitrogens with zero attached hydrogens (tertiary/aromatic N) is 2. The van der Waals surface area contributed by atoms with Crippen LogP contribution in [-0.2, 0) is 22.9 Å². The number of aryl methyl sites for hydroxylation is 2. The van der Waals surface area contributed by atoms with E-state index in [0.29, 0.717) is 6.54 Å². The number of rotatable bonds is 7. The van der Waals surface area contributed by atoms with Crippen LogP contribution in [0.4, 0.5) is 0 Å². The van der Waals surface area contributed by atoms with Crippen molar-refractivity contribution >= 4 is 9.84 Å². The minimum absolute atomic E-state index is 0.135. The molecular formula is C11H21N3O2S. The molecule has 0 aliphatic rings. The third-order valence-electron chi connectivity index (χ3n) is 2.48. The van der Waals surface area contributed by atoms with Crippen molar-refractivity contribution in [2.24, 2.45) is 0 Å². The Hall–Kier alpha value is -0.880. The molecule has 0 saturated carbocycles. The quantitative estimate of drug-likeness (QED) is 0.733. The van der Waals surface area contributed by atoms with Gasteiger partial charge in [-0.2, -0.15) is 5.10 Å². The van der Waals surface area contributed by atoms with Crippen LogP contribution in [0.15, 0.2) is 6.20 Å². The summed E-state index contributed by atoms with van der Waals surface area (Å²) in [4.78, 5) is 0. The van der Waals surface area contributed by atoms with Gasteiger partial charge in [-0.05, 0) is 19.9 Å². The molecular weight excluding hydrogens is 238 g/mol. The Kier molecular flexibility index (Phi) is 5.14. The molecule has 0 aromatic carbocycles. The van der Waals surface area contributed by atoms with Crippen molar-refractivity contribution in [1.82, 2.24) is 15.1 Å². The van der Waals surface area contributed by atoms with E-state index in [1.807, 2.05) is 13.1 Å². The minimum atomic E-state index is -2.92. The van der Waals surface area contributed by atoms with E-state index >= 15 is 0 Å². The zero-order chi connectivity index (χ0) is 12.9. The van der Waals surface area contributed by atoms with Gasteiger partial charge in [0.2, 0.25) is 0 Å². The van der Waals surface area contributed by atoms with Crippen LogP contribution in [0, 0.1) is 6.92 Å². The van der Waals surface area contributed by atoms with Gasteiger partial charge in [0, 0.05) is 24.6 Å². The molecule has 0 fully saturated rings. The molecule has 1 aromatic rings. The van der Waals surface area contributed by atoms with Gasteiger partial charge in [-0.25, -0.2) is 8.42 Å². The van der Waals surface area contributed by atoms with Crippen LogP contribution in [0.1, 0.15) is 24.6 Å². The first kappa shape index (κ1) is 14.2. The average Bonchev–Trinajstić information content (AvgIpc) is 2.56. The van der Waals surface area contributed by atoms with Gasteiger partial charge in [0.25, 0.3) is 0 Å². The summed E-state index contributed by atoms with van der Waals surface area (Å²) in [6, 6.07) is 0. The Morgan fingerprint density at radius 1 is 1.47 bits per heavy atom. The molecule has 1 heterocycles. The first-order chi connectivity index (χ1) is 7.92. The van der Waals surface area contributed by atoms with Gasteiger partial charge >= 0.3 is 0 Å². The Bertz CT molecular complexity index is 451. The summed E-state index contributed by atoms with van der Waals surface area (Å²) in [5, 5.41) is 7.61. The molecule has 0 bridgehead atoms. The summed E-state index contributed by atoms with van der Waals surface area (Å²) >= 11 is 0. The summed E-state index contributed by atoms with van der Waals surface area (Å²) in [7, 11) is -2.92. The van der Waals surface area contributed by atoms with Gasteiger partial charge in [-0.3, -0.25) is 4.68 Å².